The molecule has 2 fully saturated rings. The quantitative estimate of drug-likeness (QED) is 0.813. The van der Waals surface area contributed by atoms with Crippen molar-refractivity contribution in [2.45, 2.75) is 51.4 Å². The SMILES string of the molecule is CCC1CCC(C(=O)N2CCNC[C@@H]2C)O1.Cl. The molecule has 1 amide bonds. The topological polar surface area (TPSA) is 41.6 Å². The van der Waals surface area contributed by atoms with Crippen LogP contribution >= 0.6 is 12.4 Å². The Morgan fingerprint density at radius 2 is 2.24 bits per heavy atom. The van der Waals surface area contributed by atoms with E-state index < -0.39 is 0 Å². The lowest BCUT2D eigenvalue weighted by molar-refractivity contribution is -0.145. The zero-order valence-corrected chi connectivity index (χ0v) is 11.5. The predicted octanol–water partition coefficient (Wildman–Crippen LogP) is 1.19. The number of amides is 1. The molecule has 0 radical (unpaired) electrons. The third kappa shape index (κ3) is 3.33. The lowest BCUT2D eigenvalue weighted by Gasteiger charge is -2.35. The van der Waals surface area contributed by atoms with Crippen molar-refractivity contribution in [1.29, 1.82) is 0 Å². The second kappa shape index (κ2) is 6.57. The highest BCUT2D eigenvalue weighted by molar-refractivity contribution is 5.85. The molecule has 1 N–H and O–H groups in total. The van der Waals surface area contributed by atoms with Gasteiger partial charge in [0.15, 0.2) is 0 Å². The van der Waals surface area contributed by atoms with Gasteiger partial charge in [-0.1, -0.05) is 6.92 Å². The number of carbonyl (C=O) groups excluding carboxylic acids is 1. The molecule has 0 saturated carbocycles. The van der Waals surface area contributed by atoms with Gasteiger partial charge in [0.2, 0.25) is 0 Å². The van der Waals surface area contributed by atoms with Crippen LogP contribution in [-0.4, -0.2) is 48.7 Å². The summed E-state index contributed by atoms with van der Waals surface area (Å²) in [6, 6.07) is 0.297. The largest absolute Gasteiger partial charge is 0.365 e. The van der Waals surface area contributed by atoms with E-state index in [0.717, 1.165) is 38.9 Å². The van der Waals surface area contributed by atoms with Crippen LogP contribution in [0.5, 0.6) is 0 Å². The van der Waals surface area contributed by atoms with Gasteiger partial charge < -0.3 is 15.0 Å². The number of piperazine rings is 1. The maximum atomic E-state index is 12.2. The molecule has 2 aliphatic heterocycles. The molecular formula is C12H23ClN2O2. The van der Waals surface area contributed by atoms with E-state index in [1.807, 2.05) is 4.90 Å². The monoisotopic (exact) mass is 262 g/mol. The Bertz CT molecular complexity index is 263. The van der Waals surface area contributed by atoms with Crippen molar-refractivity contribution in [2.75, 3.05) is 19.6 Å². The first-order valence-electron chi connectivity index (χ1n) is 6.39. The van der Waals surface area contributed by atoms with E-state index in [4.69, 9.17) is 4.74 Å². The Balaban J connectivity index is 0.00000144. The lowest BCUT2D eigenvalue weighted by Crippen LogP contribution is -2.54. The van der Waals surface area contributed by atoms with Gasteiger partial charge in [0.25, 0.3) is 5.91 Å². The average Bonchev–Trinajstić information content (AvgIpc) is 2.77. The minimum Gasteiger partial charge on any atom is -0.365 e. The van der Waals surface area contributed by atoms with Crippen molar-refractivity contribution < 1.29 is 9.53 Å². The molecule has 4 nitrogen and oxygen atoms in total. The predicted molar refractivity (Wildman–Crippen MR) is 69.5 cm³/mol. The van der Waals surface area contributed by atoms with Crippen LogP contribution in [0.2, 0.25) is 0 Å². The number of rotatable bonds is 2. The molecule has 3 atom stereocenters. The van der Waals surface area contributed by atoms with Crippen molar-refractivity contribution in [2.24, 2.45) is 0 Å². The van der Waals surface area contributed by atoms with Gasteiger partial charge in [-0.05, 0) is 26.2 Å². The Hall–Kier alpha value is -0.320. The van der Waals surface area contributed by atoms with Crippen LogP contribution in [0.15, 0.2) is 0 Å². The highest BCUT2D eigenvalue weighted by atomic mass is 35.5. The third-order valence-corrected chi connectivity index (χ3v) is 3.62. The van der Waals surface area contributed by atoms with Crippen LogP contribution in [0, 0.1) is 0 Å². The maximum Gasteiger partial charge on any atom is 0.252 e. The van der Waals surface area contributed by atoms with Crippen LogP contribution in [0.3, 0.4) is 0 Å². The van der Waals surface area contributed by atoms with E-state index >= 15 is 0 Å². The van der Waals surface area contributed by atoms with Crippen molar-refractivity contribution in [3.8, 4) is 0 Å². The summed E-state index contributed by atoms with van der Waals surface area (Å²) in [5.41, 5.74) is 0. The number of ether oxygens (including phenoxy) is 1. The van der Waals surface area contributed by atoms with E-state index in [1.54, 1.807) is 0 Å². The first-order chi connectivity index (χ1) is 7.72. The van der Waals surface area contributed by atoms with Crippen molar-refractivity contribution in [1.82, 2.24) is 10.2 Å². The van der Waals surface area contributed by atoms with Gasteiger partial charge in [0.1, 0.15) is 6.10 Å². The van der Waals surface area contributed by atoms with Crippen LogP contribution in [0.4, 0.5) is 0 Å². The summed E-state index contributed by atoms with van der Waals surface area (Å²) in [4.78, 5) is 14.2. The molecule has 0 bridgehead atoms. The van der Waals surface area contributed by atoms with E-state index in [2.05, 4.69) is 19.2 Å². The van der Waals surface area contributed by atoms with Crippen molar-refractivity contribution in [3.63, 3.8) is 0 Å². The van der Waals surface area contributed by atoms with E-state index in [0.29, 0.717) is 12.1 Å². The molecule has 17 heavy (non-hydrogen) atoms. The summed E-state index contributed by atoms with van der Waals surface area (Å²) < 4.78 is 5.76. The molecule has 2 saturated heterocycles. The normalized spacial score (nSPS) is 33.3. The number of nitrogens with one attached hydrogen (secondary N) is 1. The average molecular weight is 263 g/mol. The second-order valence-corrected chi connectivity index (χ2v) is 4.82. The van der Waals surface area contributed by atoms with Crippen molar-refractivity contribution in [3.05, 3.63) is 0 Å². The molecule has 100 valence electrons. The van der Waals surface area contributed by atoms with Gasteiger partial charge in [-0.3, -0.25) is 4.79 Å². The minimum absolute atomic E-state index is 0. The summed E-state index contributed by atoms with van der Waals surface area (Å²) in [7, 11) is 0. The molecular weight excluding hydrogens is 240 g/mol. The number of hydrogen-bond donors (Lipinski definition) is 1. The summed E-state index contributed by atoms with van der Waals surface area (Å²) >= 11 is 0. The van der Waals surface area contributed by atoms with Gasteiger partial charge in [0.05, 0.1) is 6.10 Å². The van der Waals surface area contributed by atoms with Gasteiger partial charge in [-0.2, -0.15) is 0 Å². The molecule has 0 spiro atoms. The Morgan fingerprint density at radius 3 is 2.82 bits per heavy atom. The second-order valence-electron chi connectivity index (χ2n) is 4.82. The molecule has 0 aromatic rings. The molecule has 2 rings (SSSR count). The van der Waals surface area contributed by atoms with Gasteiger partial charge in [-0.25, -0.2) is 0 Å². The van der Waals surface area contributed by atoms with Crippen LogP contribution in [0.1, 0.15) is 33.1 Å². The number of halogens is 1. The Labute approximate surface area is 109 Å². The van der Waals surface area contributed by atoms with E-state index in [-0.39, 0.29) is 24.4 Å². The fourth-order valence-electron chi connectivity index (χ4n) is 2.54. The van der Waals surface area contributed by atoms with E-state index in [9.17, 15) is 4.79 Å². The minimum atomic E-state index is -0.175. The maximum absolute atomic E-state index is 12.2. The summed E-state index contributed by atoms with van der Waals surface area (Å²) in [5, 5.41) is 3.30. The molecule has 0 aromatic carbocycles. The summed E-state index contributed by atoms with van der Waals surface area (Å²) in [6.45, 7) is 6.83. The summed E-state index contributed by atoms with van der Waals surface area (Å²) in [5.74, 6) is 0.199. The Kier molecular flexibility index (Phi) is 5.70. The van der Waals surface area contributed by atoms with Crippen LogP contribution in [0.25, 0.3) is 0 Å². The standard InChI is InChI=1S/C12H22N2O2.ClH/c1-3-10-4-5-11(16-10)12(15)14-7-6-13-8-9(14)2;/h9-11,13H,3-8H2,1-2H3;1H/t9-,10?,11?;/m0./s1. The zero-order chi connectivity index (χ0) is 11.5. The fourth-order valence-corrected chi connectivity index (χ4v) is 2.54. The molecule has 2 unspecified atom stereocenters. The van der Waals surface area contributed by atoms with Gasteiger partial charge in [-0.15, -0.1) is 12.4 Å². The number of carbonyl (C=O) groups is 1. The molecule has 0 aromatic heterocycles. The smallest absolute Gasteiger partial charge is 0.252 e. The Morgan fingerprint density at radius 1 is 1.47 bits per heavy atom. The summed E-state index contributed by atoms with van der Waals surface area (Å²) in [6.07, 6.45) is 3.07. The number of hydrogen-bond acceptors (Lipinski definition) is 3. The molecule has 2 aliphatic rings. The zero-order valence-electron chi connectivity index (χ0n) is 10.6. The van der Waals surface area contributed by atoms with E-state index in [1.165, 1.54) is 0 Å². The van der Waals surface area contributed by atoms with Gasteiger partial charge >= 0.3 is 0 Å². The molecule has 0 aliphatic carbocycles. The number of nitrogens with zero attached hydrogens (tertiary/aromatic N) is 1. The fraction of sp³-hybridized carbons (Fsp3) is 0.917. The highest BCUT2D eigenvalue weighted by Gasteiger charge is 2.34. The first kappa shape index (κ1) is 14.7. The van der Waals surface area contributed by atoms with Crippen LogP contribution in [-0.2, 0) is 9.53 Å². The molecule has 2 heterocycles. The first-order valence-corrected chi connectivity index (χ1v) is 6.39. The third-order valence-electron chi connectivity index (χ3n) is 3.62. The molecule has 5 heteroatoms. The van der Waals surface area contributed by atoms with Gasteiger partial charge in [0, 0.05) is 25.7 Å². The highest BCUT2D eigenvalue weighted by Crippen LogP contribution is 2.24. The lowest BCUT2D eigenvalue weighted by atomic mass is 10.1. The van der Waals surface area contributed by atoms with Crippen molar-refractivity contribution >= 4 is 18.3 Å². The van der Waals surface area contributed by atoms with Crippen LogP contribution < -0.4 is 5.32 Å².